The number of carbonyl (C=O) groups excluding carboxylic acids is 1. The molecule has 96 valence electrons. The van der Waals surface area contributed by atoms with Crippen LogP contribution in [0.1, 0.15) is 32.0 Å². The maximum Gasteiger partial charge on any atom is 0.239 e. The van der Waals surface area contributed by atoms with Gasteiger partial charge in [-0.1, -0.05) is 19.0 Å². The van der Waals surface area contributed by atoms with Crippen LogP contribution in [0.5, 0.6) is 0 Å². The first-order valence-electron chi connectivity index (χ1n) is 5.70. The lowest BCUT2D eigenvalue weighted by Crippen LogP contribution is -2.42. The molecule has 0 saturated carbocycles. The normalized spacial score (nSPS) is 12.8. The molecule has 0 bridgehead atoms. The highest BCUT2D eigenvalue weighted by Crippen LogP contribution is 2.07. The summed E-state index contributed by atoms with van der Waals surface area (Å²) in [5, 5.41) is 3.74. The topological polar surface area (TPSA) is 85.2 Å². The minimum Gasteiger partial charge on any atom is -0.340 e. The Balaban J connectivity index is 2.52. The van der Waals surface area contributed by atoms with Crippen LogP contribution in [0, 0.1) is 12.8 Å². The zero-order valence-corrected chi connectivity index (χ0v) is 10.8. The van der Waals surface area contributed by atoms with Gasteiger partial charge in [-0.2, -0.15) is 4.98 Å². The van der Waals surface area contributed by atoms with Crippen LogP contribution >= 0.6 is 0 Å². The fourth-order valence-corrected chi connectivity index (χ4v) is 1.59. The second-order valence-electron chi connectivity index (χ2n) is 4.66. The van der Waals surface area contributed by atoms with E-state index in [0.717, 1.165) is 0 Å². The van der Waals surface area contributed by atoms with Crippen LogP contribution in [0.3, 0.4) is 0 Å². The van der Waals surface area contributed by atoms with Crippen molar-refractivity contribution in [1.82, 2.24) is 15.0 Å². The number of aromatic nitrogens is 2. The molecule has 0 fully saturated rings. The predicted octanol–water partition coefficient (Wildman–Crippen LogP) is 0.710. The van der Waals surface area contributed by atoms with Crippen LogP contribution in [0.25, 0.3) is 0 Å². The van der Waals surface area contributed by atoms with Gasteiger partial charge in [-0.3, -0.25) is 4.79 Å². The molecule has 17 heavy (non-hydrogen) atoms. The van der Waals surface area contributed by atoms with E-state index in [1.807, 2.05) is 13.8 Å². The Labute approximate surface area is 101 Å². The van der Waals surface area contributed by atoms with Crippen molar-refractivity contribution in [3.8, 4) is 0 Å². The molecule has 1 rings (SSSR count). The third-order valence-corrected chi connectivity index (χ3v) is 2.37. The third-order valence-electron chi connectivity index (χ3n) is 2.37. The van der Waals surface area contributed by atoms with E-state index < -0.39 is 6.04 Å². The number of hydrogen-bond donors (Lipinski definition) is 1. The summed E-state index contributed by atoms with van der Waals surface area (Å²) in [5.74, 6) is 1.29. The number of aryl methyl sites for hydroxylation is 1. The maximum absolute atomic E-state index is 11.9. The van der Waals surface area contributed by atoms with Gasteiger partial charge in [-0.05, 0) is 12.3 Å². The minimum atomic E-state index is -0.465. The maximum atomic E-state index is 11.9. The third kappa shape index (κ3) is 4.14. The molecule has 1 heterocycles. The van der Waals surface area contributed by atoms with Crippen molar-refractivity contribution in [1.29, 1.82) is 0 Å². The van der Waals surface area contributed by atoms with Gasteiger partial charge in [0.25, 0.3) is 0 Å². The number of hydrogen-bond acceptors (Lipinski definition) is 5. The van der Waals surface area contributed by atoms with Crippen LogP contribution in [0.4, 0.5) is 0 Å². The standard InChI is InChI=1S/C11H20N4O2/c1-7(2)5-9(12)11(16)15(4)6-10-13-8(3)17-14-10/h7,9H,5-6,12H2,1-4H3/t9-/m0/s1. The van der Waals surface area contributed by atoms with Crippen molar-refractivity contribution in [2.24, 2.45) is 11.7 Å². The molecule has 1 atom stereocenters. The summed E-state index contributed by atoms with van der Waals surface area (Å²) >= 11 is 0. The largest absolute Gasteiger partial charge is 0.340 e. The molecule has 0 radical (unpaired) electrons. The Kier molecular flexibility index (Phi) is 4.62. The molecule has 0 unspecified atom stereocenters. The van der Waals surface area contributed by atoms with Gasteiger partial charge in [0.15, 0.2) is 5.82 Å². The van der Waals surface area contributed by atoms with Crippen LogP contribution in [-0.4, -0.2) is 34.0 Å². The molecule has 0 aliphatic carbocycles. The Morgan fingerprint density at radius 2 is 2.18 bits per heavy atom. The van der Waals surface area contributed by atoms with Crippen molar-refractivity contribution >= 4 is 5.91 Å². The molecule has 0 spiro atoms. The molecule has 0 saturated heterocycles. The highest BCUT2D eigenvalue weighted by Gasteiger charge is 2.20. The number of nitrogens with two attached hydrogens (primary N) is 1. The van der Waals surface area contributed by atoms with Crippen LogP contribution in [-0.2, 0) is 11.3 Å². The lowest BCUT2D eigenvalue weighted by Gasteiger charge is -2.20. The van der Waals surface area contributed by atoms with Crippen LogP contribution in [0.2, 0.25) is 0 Å². The summed E-state index contributed by atoms with van der Waals surface area (Å²) in [6.07, 6.45) is 0.675. The van der Waals surface area contributed by atoms with Gasteiger partial charge >= 0.3 is 0 Å². The summed E-state index contributed by atoms with van der Waals surface area (Å²) in [5.41, 5.74) is 5.82. The zero-order valence-electron chi connectivity index (χ0n) is 10.8. The number of carbonyl (C=O) groups is 1. The van der Waals surface area contributed by atoms with Crippen LogP contribution in [0.15, 0.2) is 4.52 Å². The van der Waals surface area contributed by atoms with E-state index >= 15 is 0 Å². The average Bonchev–Trinajstić information content (AvgIpc) is 2.61. The average molecular weight is 240 g/mol. The number of amides is 1. The van der Waals surface area contributed by atoms with Gasteiger partial charge in [0, 0.05) is 14.0 Å². The van der Waals surface area contributed by atoms with Crippen molar-refractivity contribution < 1.29 is 9.32 Å². The van der Waals surface area contributed by atoms with Crippen molar-refractivity contribution in [2.75, 3.05) is 7.05 Å². The van der Waals surface area contributed by atoms with Gasteiger partial charge in [0.05, 0.1) is 12.6 Å². The lowest BCUT2D eigenvalue weighted by molar-refractivity contribution is -0.132. The molecule has 1 aromatic rings. The van der Waals surface area contributed by atoms with E-state index in [4.69, 9.17) is 10.3 Å². The molecular formula is C11H20N4O2. The molecule has 6 nitrogen and oxygen atoms in total. The van der Waals surface area contributed by atoms with Gasteiger partial charge in [0.1, 0.15) is 0 Å². The van der Waals surface area contributed by atoms with Gasteiger partial charge in [0.2, 0.25) is 11.8 Å². The quantitative estimate of drug-likeness (QED) is 0.819. The monoisotopic (exact) mass is 240 g/mol. The van der Waals surface area contributed by atoms with Gasteiger partial charge in [-0.15, -0.1) is 0 Å². The molecule has 2 N–H and O–H groups in total. The van der Waals surface area contributed by atoms with Crippen molar-refractivity contribution in [2.45, 2.75) is 39.8 Å². The van der Waals surface area contributed by atoms with E-state index in [1.165, 1.54) is 4.90 Å². The Morgan fingerprint density at radius 1 is 1.53 bits per heavy atom. The zero-order chi connectivity index (χ0) is 13.0. The summed E-state index contributed by atoms with van der Waals surface area (Å²) in [7, 11) is 1.69. The fourth-order valence-electron chi connectivity index (χ4n) is 1.59. The van der Waals surface area contributed by atoms with Gasteiger partial charge in [-0.25, -0.2) is 0 Å². The van der Waals surface area contributed by atoms with E-state index in [2.05, 4.69) is 10.1 Å². The lowest BCUT2D eigenvalue weighted by atomic mass is 10.0. The fraction of sp³-hybridized carbons (Fsp3) is 0.727. The molecule has 6 heteroatoms. The predicted molar refractivity (Wildman–Crippen MR) is 62.9 cm³/mol. The molecule has 1 aromatic heterocycles. The van der Waals surface area contributed by atoms with Crippen molar-refractivity contribution in [3.63, 3.8) is 0 Å². The molecule has 0 aromatic carbocycles. The van der Waals surface area contributed by atoms with E-state index in [9.17, 15) is 4.79 Å². The summed E-state index contributed by atoms with van der Waals surface area (Å²) in [4.78, 5) is 17.5. The van der Waals surface area contributed by atoms with E-state index in [1.54, 1.807) is 14.0 Å². The summed E-state index contributed by atoms with van der Waals surface area (Å²) < 4.78 is 4.84. The van der Waals surface area contributed by atoms with E-state index in [-0.39, 0.29) is 5.91 Å². The first kappa shape index (κ1) is 13.6. The first-order valence-corrected chi connectivity index (χ1v) is 5.70. The molecule has 0 aliphatic rings. The Morgan fingerprint density at radius 3 is 2.65 bits per heavy atom. The highest BCUT2D eigenvalue weighted by molar-refractivity contribution is 5.81. The van der Waals surface area contributed by atoms with E-state index in [0.29, 0.717) is 30.6 Å². The Bertz CT molecular complexity index is 375. The number of likely N-dealkylation sites (N-methyl/N-ethyl adjacent to an activating group) is 1. The first-order chi connectivity index (χ1) is 7.90. The second kappa shape index (κ2) is 5.77. The SMILES string of the molecule is Cc1nc(CN(C)C(=O)[C@@H](N)CC(C)C)no1. The van der Waals surface area contributed by atoms with Gasteiger partial charge < -0.3 is 15.2 Å². The smallest absolute Gasteiger partial charge is 0.239 e. The second-order valence-corrected chi connectivity index (χ2v) is 4.66. The highest BCUT2D eigenvalue weighted by atomic mass is 16.5. The minimum absolute atomic E-state index is 0.0962. The summed E-state index contributed by atoms with van der Waals surface area (Å²) in [6, 6.07) is -0.465. The number of rotatable bonds is 5. The number of nitrogens with zero attached hydrogens (tertiary/aromatic N) is 3. The molecule has 1 amide bonds. The summed E-state index contributed by atoms with van der Waals surface area (Å²) in [6.45, 7) is 6.11. The molecular weight excluding hydrogens is 220 g/mol. The molecule has 0 aliphatic heterocycles. The van der Waals surface area contributed by atoms with Crippen LogP contribution < -0.4 is 5.73 Å². The Hall–Kier alpha value is -1.43. The van der Waals surface area contributed by atoms with Crippen molar-refractivity contribution in [3.05, 3.63) is 11.7 Å².